The van der Waals surface area contributed by atoms with Crippen LogP contribution in [0.4, 0.5) is 0 Å². The third kappa shape index (κ3) is 20500. The van der Waals surface area contributed by atoms with Gasteiger partial charge in [0.2, 0.25) is 0 Å². The smallest absolute Gasteiger partial charge is 0.748 e. The average Bonchev–Trinajstić information content (AvgIpc) is 1.41. The molecule has 0 aromatic carbocycles. The fourth-order valence-corrected chi connectivity index (χ4v) is 0. The van der Waals surface area contributed by atoms with E-state index in [9.17, 15) is 0 Å². The van der Waals surface area contributed by atoms with Crippen molar-refractivity contribution in [3.63, 3.8) is 0 Å². The Kier molecular flexibility index (Phi) is 14.8. The van der Waals surface area contributed by atoms with Gasteiger partial charge in [0, 0.05) is 18.8 Å². The summed E-state index contributed by atoms with van der Waals surface area (Å²) in [6, 6.07) is 0. The van der Waals surface area contributed by atoms with Crippen LogP contribution in [0, 0.1) is 0 Å². The predicted octanol–water partition coefficient (Wildman–Crippen LogP) is -2.52. The molecule has 9 nitrogen and oxygen atoms in total. The zero-order valence-corrected chi connectivity index (χ0v) is 12.4. The summed E-state index contributed by atoms with van der Waals surface area (Å²) in [5, 5.41) is 0. The van der Waals surface area contributed by atoms with Gasteiger partial charge in [-0.25, -0.2) is 25.3 Å². The van der Waals surface area contributed by atoms with E-state index in [1.54, 1.807) is 0 Å². The molecule has 0 heterocycles. The van der Waals surface area contributed by atoms with Gasteiger partial charge in [-0.15, -0.1) is 0 Å². The second-order valence-electron chi connectivity index (χ2n) is 2.11. The maximum absolute atomic E-state index is 9.08. The Labute approximate surface area is 107 Å². The summed E-state index contributed by atoms with van der Waals surface area (Å²) in [7, 11) is -11.8. The molecule has 0 rings (SSSR count). The Balaban J connectivity index is -0.0000000655. The van der Waals surface area contributed by atoms with Crippen molar-refractivity contribution in [3.05, 3.63) is 0 Å². The molecule has 101 valence electrons. The van der Waals surface area contributed by atoms with Crippen molar-refractivity contribution in [1.29, 1.82) is 0 Å². The normalized spacial score (nSPS) is 10.9. The van der Waals surface area contributed by atoms with Crippen LogP contribution in [0.1, 0.15) is 0 Å². The second kappa shape index (κ2) is 9.39. The van der Waals surface area contributed by atoms with Gasteiger partial charge in [0.05, 0.1) is 30.4 Å². The van der Waals surface area contributed by atoms with E-state index in [0.29, 0.717) is 18.8 Å². The van der Waals surface area contributed by atoms with Crippen LogP contribution in [0.15, 0.2) is 0 Å². The van der Waals surface area contributed by atoms with E-state index >= 15 is 0 Å². The van der Waals surface area contributed by atoms with Crippen molar-refractivity contribution >= 4 is 30.4 Å². The molecule has 0 saturated heterocycles. The first-order chi connectivity index (χ1) is 6.00. The van der Waals surface area contributed by atoms with Crippen molar-refractivity contribution in [3.8, 4) is 0 Å². The number of rotatable bonds is 0. The summed E-state index contributed by atoms with van der Waals surface area (Å²) >= 11 is 0. The van der Waals surface area contributed by atoms with Crippen molar-refractivity contribution < 1.29 is 58.4 Å². The molecule has 0 spiro atoms. The summed E-state index contributed by atoms with van der Waals surface area (Å²) in [5.41, 5.74) is 0. The Morgan fingerprint density at radius 2 is 0.562 bits per heavy atom. The molecule has 1 radical (unpaired) electrons. The molecule has 0 aromatic rings. The fraction of sp³-hybridized carbons (Fsp3) is 1.00. The van der Waals surface area contributed by atoms with E-state index in [1.807, 2.05) is 0 Å². The van der Waals surface area contributed by atoms with Gasteiger partial charge in [0.15, 0.2) is 0 Å². The molecule has 0 bridgehead atoms. The maximum Gasteiger partial charge on any atom is 3.00 e. The first-order valence-corrected chi connectivity index (χ1v) is 8.17. The quantitative estimate of drug-likeness (QED) is 0.322. The first kappa shape index (κ1) is 25.3. The third-order valence-corrected chi connectivity index (χ3v) is 0. The summed E-state index contributed by atoms with van der Waals surface area (Å²) in [4.78, 5) is 0. The van der Waals surface area contributed by atoms with Crippen LogP contribution < -0.4 is 0 Å². The molecule has 16 heavy (non-hydrogen) atoms. The topological polar surface area (TPSA) is 172 Å². The molecule has 0 aliphatic carbocycles. The van der Waals surface area contributed by atoms with Gasteiger partial charge >= 0.3 is 19.5 Å². The Hall–Kier alpha value is 0.353. The maximum atomic E-state index is 9.08. The largest absolute Gasteiger partial charge is 3.00 e. The SMILES string of the molecule is CS(=O)(=O)[O-].CS(=O)(=O)[O-].CS(=O)(=O)[O-].[Ru+3]. The van der Waals surface area contributed by atoms with E-state index in [2.05, 4.69) is 0 Å². The second-order valence-corrected chi connectivity index (χ2v) is 6.34. The van der Waals surface area contributed by atoms with Gasteiger partial charge in [-0.1, -0.05) is 0 Å². The van der Waals surface area contributed by atoms with Crippen molar-refractivity contribution in [2.45, 2.75) is 0 Å². The number of hydrogen-bond acceptors (Lipinski definition) is 9. The molecular weight excluding hydrogens is 377 g/mol. The molecule has 0 unspecified atom stereocenters. The first-order valence-electron chi connectivity index (χ1n) is 2.72. The Bertz CT molecular complexity index is 347. The van der Waals surface area contributed by atoms with E-state index in [-0.39, 0.29) is 19.5 Å². The standard InChI is InChI=1S/3CH4O3S.Ru/c3*1-5(2,3)4;/h3*1H3,(H,2,3,4);/q;;;+3/p-3. The van der Waals surface area contributed by atoms with E-state index in [1.165, 1.54) is 0 Å². The van der Waals surface area contributed by atoms with E-state index in [4.69, 9.17) is 38.9 Å². The van der Waals surface area contributed by atoms with Crippen LogP contribution in [0.5, 0.6) is 0 Å². The third-order valence-electron chi connectivity index (χ3n) is 0. The van der Waals surface area contributed by atoms with Gasteiger partial charge in [-0.3, -0.25) is 0 Å². The van der Waals surface area contributed by atoms with Crippen LogP contribution in [-0.2, 0) is 49.8 Å². The van der Waals surface area contributed by atoms with Crippen LogP contribution >= 0.6 is 0 Å². The van der Waals surface area contributed by atoms with Gasteiger partial charge in [0.1, 0.15) is 0 Å². The van der Waals surface area contributed by atoms with Crippen molar-refractivity contribution in [2.24, 2.45) is 0 Å². The zero-order chi connectivity index (χ0) is 13.5. The van der Waals surface area contributed by atoms with E-state index < -0.39 is 30.4 Å². The van der Waals surface area contributed by atoms with Crippen molar-refractivity contribution in [2.75, 3.05) is 18.8 Å². The van der Waals surface area contributed by atoms with Crippen molar-refractivity contribution in [1.82, 2.24) is 0 Å². The molecular formula is C3H9O9RuS3. The predicted molar refractivity (Wildman–Crippen MR) is 46.9 cm³/mol. The summed E-state index contributed by atoms with van der Waals surface area (Å²) in [6.45, 7) is 0. The number of hydrogen-bond donors (Lipinski definition) is 0. The van der Waals surface area contributed by atoms with Gasteiger partial charge < -0.3 is 13.7 Å². The van der Waals surface area contributed by atoms with Crippen LogP contribution in [0.3, 0.4) is 0 Å². The van der Waals surface area contributed by atoms with E-state index in [0.717, 1.165) is 0 Å². The Morgan fingerprint density at radius 3 is 0.562 bits per heavy atom. The average molecular weight is 386 g/mol. The van der Waals surface area contributed by atoms with Gasteiger partial charge in [0.25, 0.3) is 0 Å². The minimum Gasteiger partial charge on any atom is -0.748 e. The summed E-state index contributed by atoms with van der Waals surface area (Å²) in [5.74, 6) is 0. The molecule has 0 aliphatic rings. The minimum atomic E-state index is -3.92. The molecule has 13 heteroatoms. The van der Waals surface area contributed by atoms with Crippen LogP contribution in [0.25, 0.3) is 0 Å². The molecule has 0 atom stereocenters. The molecule has 0 amide bonds. The molecule has 0 fully saturated rings. The molecule has 0 saturated carbocycles. The van der Waals surface area contributed by atoms with Crippen LogP contribution in [0.2, 0.25) is 0 Å². The minimum absolute atomic E-state index is 0. The zero-order valence-electron chi connectivity index (χ0n) is 8.25. The molecule has 0 aromatic heterocycles. The molecule has 0 aliphatic heterocycles. The molecule has 0 N–H and O–H groups in total. The van der Waals surface area contributed by atoms with Gasteiger partial charge in [-0.05, 0) is 0 Å². The monoisotopic (exact) mass is 387 g/mol. The summed E-state index contributed by atoms with van der Waals surface area (Å²) in [6.07, 6.45) is 1.81. The Morgan fingerprint density at radius 1 is 0.562 bits per heavy atom. The van der Waals surface area contributed by atoms with Gasteiger partial charge in [-0.2, -0.15) is 0 Å². The summed E-state index contributed by atoms with van der Waals surface area (Å²) < 4.78 is 81.7. The van der Waals surface area contributed by atoms with Crippen LogP contribution in [-0.4, -0.2) is 57.7 Å². The fourth-order valence-electron chi connectivity index (χ4n) is 0.